The maximum atomic E-state index is 11.7. The molecule has 0 fully saturated rings. The first-order chi connectivity index (χ1) is 7.37. The summed E-state index contributed by atoms with van der Waals surface area (Å²) in [5.74, 6) is -6.89. The van der Waals surface area contributed by atoms with Gasteiger partial charge in [0.15, 0.2) is 0 Å². The highest BCUT2D eigenvalue weighted by molar-refractivity contribution is 5.10. The van der Waals surface area contributed by atoms with Gasteiger partial charge in [-0.1, -0.05) is 0 Å². The van der Waals surface area contributed by atoms with Gasteiger partial charge in [-0.25, -0.2) is 0 Å². The van der Waals surface area contributed by atoms with E-state index in [1.54, 1.807) is 0 Å². The number of rotatable bonds is 2. The second kappa shape index (κ2) is 4.84. The Morgan fingerprint density at radius 3 is 0.941 bits per heavy atom. The number of hydrogen-bond acceptors (Lipinski definition) is 1. The second-order valence-corrected chi connectivity index (χ2v) is 2.28. The van der Waals surface area contributed by atoms with Gasteiger partial charge in [0.05, 0.1) is 0 Å². The molecule has 11 heteroatoms. The normalized spacial score (nSPS) is 12.1. The summed E-state index contributed by atoms with van der Waals surface area (Å²) < 4.78 is 119. The largest absolute Gasteiger partial charge is 0.455 e. The molecule has 0 amide bonds. The van der Waals surface area contributed by atoms with E-state index in [2.05, 4.69) is 4.74 Å². The molecule has 0 bridgehead atoms. The van der Waals surface area contributed by atoms with Crippen LogP contribution in [0.3, 0.4) is 0 Å². The van der Waals surface area contributed by atoms with Crippen molar-refractivity contribution in [3.63, 3.8) is 0 Å². The minimum atomic E-state index is -6.04. The smallest absolute Gasteiger partial charge is 0.437 e. The fourth-order valence-electron chi connectivity index (χ4n) is 0.509. The first-order valence-electron chi connectivity index (χ1n) is 3.30. The Kier molecular flexibility index (Phi) is 4.43. The van der Waals surface area contributed by atoms with Crippen LogP contribution in [0, 0.1) is 0 Å². The molecule has 0 aliphatic carbocycles. The first kappa shape index (κ1) is 15.6. The minimum Gasteiger partial charge on any atom is -0.437 e. The van der Waals surface area contributed by atoms with Gasteiger partial charge in [-0.3, -0.25) is 0 Å². The van der Waals surface area contributed by atoms with Gasteiger partial charge >= 0.3 is 24.5 Å². The third-order valence-electron chi connectivity index (χ3n) is 1.06. The molecule has 0 aliphatic rings. The highest BCUT2D eigenvalue weighted by atomic mass is 19.4. The zero-order valence-corrected chi connectivity index (χ0v) is 7.19. The minimum absolute atomic E-state index is 2.51. The molecular formula is C6F10O. The molecule has 0 heterocycles. The molecule has 1 nitrogen and oxygen atoms in total. The third kappa shape index (κ3) is 4.53. The Morgan fingerprint density at radius 2 is 0.824 bits per heavy atom. The van der Waals surface area contributed by atoms with Crippen LogP contribution in [0.1, 0.15) is 0 Å². The third-order valence-corrected chi connectivity index (χ3v) is 1.06. The zero-order chi connectivity index (χ0) is 14.0. The standard InChI is InChI=1S/C6F10O/c7-3(8)1(5(11,12)13)17-2(4(9)10)6(14,15)16. The van der Waals surface area contributed by atoms with Crippen molar-refractivity contribution in [1.82, 2.24) is 0 Å². The Morgan fingerprint density at radius 1 is 0.588 bits per heavy atom. The summed E-state index contributed by atoms with van der Waals surface area (Å²) in [5.41, 5.74) is 0. The molecule has 0 unspecified atom stereocenters. The zero-order valence-electron chi connectivity index (χ0n) is 7.19. The van der Waals surface area contributed by atoms with Crippen LogP contribution in [0.15, 0.2) is 23.7 Å². The van der Waals surface area contributed by atoms with Crippen LogP contribution >= 0.6 is 0 Å². The number of hydrogen-bond donors (Lipinski definition) is 0. The predicted octanol–water partition coefficient (Wildman–Crippen LogP) is 4.34. The van der Waals surface area contributed by atoms with Gasteiger partial charge in [-0.15, -0.1) is 0 Å². The van der Waals surface area contributed by atoms with Crippen molar-refractivity contribution >= 4 is 0 Å². The summed E-state index contributed by atoms with van der Waals surface area (Å²) in [6, 6.07) is 0. The predicted molar refractivity (Wildman–Crippen MR) is 31.7 cm³/mol. The lowest BCUT2D eigenvalue weighted by Gasteiger charge is -2.15. The van der Waals surface area contributed by atoms with E-state index in [0.717, 1.165) is 0 Å². The molecule has 0 aromatic heterocycles. The molecule has 0 saturated heterocycles. The van der Waals surface area contributed by atoms with Crippen molar-refractivity contribution in [3.8, 4) is 0 Å². The first-order valence-corrected chi connectivity index (χ1v) is 3.30. The van der Waals surface area contributed by atoms with Crippen LogP contribution < -0.4 is 0 Å². The molecule has 0 aromatic rings. The van der Waals surface area contributed by atoms with E-state index in [1.807, 2.05) is 0 Å². The topological polar surface area (TPSA) is 9.23 Å². The molecule has 0 N–H and O–H groups in total. The van der Waals surface area contributed by atoms with Gasteiger partial charge in [-0.05, 0) is 0 Å². The van der Waals surface area contributed by atoms with E-state index in [-0.39, 0.29) is 0 Å². The number of alkyl halides is 6. The van der Waals surface area contributed by atoms with Gasteiger partial charge in [-0.2, -0.15) is 43.9 Å². The highest BCUT2D eigenvalue weighted by Gasteiger charge is 2.48. The Bertz CT molecular complexity index is 303. The van der Waals surface area contributed by atoms with Crippen LogP contribution in [0.25, 0.3) is 0 Å². The summed E-state index contributed by atoms with van der Waals surface area (Å²) in [7, 11) is 0. The van der Waals surface area contributed by atoms with Crippen molar-refractivity contribution in [2.45, 2.75) is 12.4 Å². The fourth-order valence-corrected chi connectivity index (χ4v) is 0.509. The SMILES string of the molecule is FC(F)=C(OC(=C(F)F)C(F)(F)F)C(F)(F)F. The summed E-state index contributed by atoms with van der Waals surface area (Å²) in [5, 5.41) is 0. The van der Waals surface area contributed by atoms with E-state index in [4.69, 9.17) is 0 Å². The van der Waals surface area contributed by atoms with Crippen LogP contribution in [0.4, 0.5) is 43.9 Å². The molecule has 0 spiro atoms. The fraction of sp³-hybridized carbons (Fsp3) is 0.333. The molecule has 0 saturated carbocycles. The number of allylic oxidation sites excluding steroid dienone is 2. The summed E-state index contributed by atoms with van der Waals surface area (Å²) in [4.78, 5) is 0. The quantitative estimate of drug-likeness (QED) is 0.539. The number of halogens is 10. The highest BCUT2D eigenvalue weighted by Crippen LogP contribution is 2.38. The van der Waals surface area contributed by atoms with Crippen molar-refractivity contribution in [2.24, 2.45) is 0 Å². The molecule has 0 radical (unpaired) electrons. The van der Waals surface area contributed by atoms with E-state index >= 15 is 0 Å². The average molecular weight is 278 g/mol. The molecule has 0 atom stereocenters. The van der Waals surface area contributed by atoms with Crippen LogP contribution in [-0.2, 0) is 4.74 Å². The van der Waals surface area contributed by atoms with Gasteiger partial charge in [0, 0.05) is 0 Å². The molecule has 0 aromatic carbocycles. The van der Waals surface area contributed by atoms with Crippen molar-refractivity contribution in [1.29, 1.82) is 0 Å². The number of ether oxygens (including phenoxy) is 1. The van der Waals surface area contributed by atoms with Crippen LogP contribution in [-0.4, -0.2) is 12.4 Å². The van der Waals surface area contributed by atoms with E-state index in [0.29, 0.717) is 0 Å². The van der Waals surface area contributed by atoms with Gasteiger partial charge < -0.3 is 4.74 Å². The van der Waals surface area contributed by atoms with Crippen molar-refractivity contribution in [3.05, 3.63) is 23.7 Å². The average Bonchev–Trinajstić information content (AvgIpc) is 1.96. The molecule has 17 heavy (non-hydrogen) atoms. The van der Waals surface area contributed by atoms with Crippen LogP contribution in [0.2, 0.25) is 0 Å². The summed E-state index contributed by atoms with van der Waals surface area (Å²) in [6.45, 7) is 0. The lowest BCUT2D eigenvalue weighted by Crippen LogP contribution is -2.22. The Hall–Kier alpha value is -1.42. The molecule has 0 rings (SSSR count). The van der Waals surface area contributed by atoms with Crippen LogP contribution in [0.5, 0.6) is 0 Å². The Balaban J connectivity index is 5.44. The molecule has 0 aliphatic heterocycles. The van der Waals surface area contributed by atoms with E-state index < -0.39 is 36.0 Å². The van der Waals surface area contributed by atoms with Crippen molar-refractivity contribution in [2.75, 3.05) is 0 Å². The maximum Gasteiger partial charge on any atom is 0.455 e. The van der Waals surface area contributed by atoms with E-state index in [1.165, 1.54) is 0 Å². The van der Waals surface area contributed by atoms with Gasteiger partial charge in [0.25, 0.3) is 11.5 Å². The summed E-state index contributed by atoms with van der Waals surface area (Å²) >= 11 is 0. The molecular weight excluding hydrogens is 278 g/mol. The molecule has 100 valence electrons. The van der Waals surface area contributed by atoms with E-state index in [9.17, 15) is 43.9 Å². The second-order valence-electron chi connectivity index (χ2n) is 2.28. The monoisotopic (exact) mass is 278 g/mol. The van der Waals surface area contributed by atoms with Gasteiger partial charge in [0.2, 0.25) is 0 Å². The maximum absolute atomic E-state index is 11.7. The van der Waals surface area contributed by atoms with Crippen molar-refractivity contribution < 1.29 is 48.6 Å². The lowest BCUT2D eigenvalue weighted by molar-refractivity contribution is -0.164. The lowest BCUT2D eigenvalue weighted by atomic mass is 10.4. The Labute approximate surface area is 86.0 Å². The van der Waals surface area contributed by atoms with Gasteiger partial charge in [0.1, 0.15) is 0 Å². The summed E-state index contributed by atoms with van der Waals surface area (Å²) in [6.07, 6.45) is -19.5.